The van der Waals surface area contributed by atoms with Crippen LogP contribution in [0.15, 0.2) is 78.9 Å². The van der Waals surface area contributed by atoms with Gasteiger partial charge < -0.3 is 9.88 Å². The van der Waals surface area contributed by atoms with E-state index in [4.69, 9.17) is 0 Å². The number of para-hydroxylation sites is 3. The maximum Gasteiger partial charge on any atom is 0.244 e. The molecule has 3 aromatic carbocycles. The first kappa shape index (κ1) is 17.0. The number of rotatable bonds is 5. The quantitative estimate of drug-likeness (QED) is 0.553. The van der Waals surface area contributed by atoms with Crippen molar-refractivity contribution in [2.45, 2.75) is 19.9 Å². The van der Waals surface area contributed by atoms with Gasteiger partial charge in [0, 0.05) is 17.7 Å². The molecule has 0 fully saturated rings. The summed E-state index contributed by atoms with van der Waals surface area (Å²) in [6.07, 6.45) is 0.780. The molecule has 0 saturated heterocycles. The summed E-state index contributed by atoms with van der Waals surface area (Å²) in [7, 11) is 0. The van der Waals surface area contributed by atoms with Crippen LogP contribution < -0.4 is 5.32 Å². The topological polar surface area (TPSA) is 46.9 Å². The molecule has 4 aromatic rings. The van der Waals surface area contributed by atoms with Gasteiger partial charge in [-0.3, -0.25) is 4.79 Å². The highest BCUT2D eigenvalue weighted by Gasteiger charge is 2.14. The average molecular weight is 355 g/mol. The zero-order chi connectivity index (χ0) is 18.6. The molecule has 0 radical (unpaired) electrons. The van der Waals surface area contributed by atoms with Crippen LogP contribution in [0.1, 0.15) is 12.7 Å². The lowest BCUT2D eigenvalue weighted by atomic mass is 10.0. The van der Waals surface area contributed by atoms with E-state index < -0.39 is 0 Å². The molecule has 0 bridgehead atoms. The summed E-state index contributed by atoms with van der Waals surface area (Å²) in [5.41, 5.74) is 4.82. The lowest BCUT2D eigenvalue weighted by Gasteiger charge is -2.13. The van der Waals surface area contributed by atoms with Gasteiger partial charge in [0.05, 0.1) is 11.0 Å². The van der Waals surface area contributed by atoms with Crippen LogP contribution in [0.5, 0.6) is 0 Å². The van der Waals surface area contributed by atoms with Crippen molar-refractivity contribution in [1.29, 1.82) is 0 Å². The Morgan fingerprint density at radius 3 is 2.44 bits per heavy atom. The molecule has 4 nitrogen and oxygen atoms in total. The standard InChI is InChI=1S/C23H21N3O/c1-2-22-24-20-14-8-9-15-21(20)26(22)16-23(27)25-19-13-7-6-12-18(19)17-10-4-3-5-11-17/h3-15H,2,16H2,1H3,(H,25,27). The van der Waals surface area contributed by atoms with Crippen molar-refractivity contribution in [3.05, 3.63) is 84.7 Å². The number of anilines is 1. The van der Waals surface area contributed by atoms with Crippen LogP contribution in [0.25, 0.3) is 22.2 Å². The summed E-state index contributed by atoms with van der Waals surface area (Å²) in [6.45, 7) is 2.30. The Balaban J connectivity index is 1.62. The Labute approximate surface area is 158 Å². The molecule has 27 heavy (non-hydrogen) atoms. The Hall–Kier alpha value is -3.40. The largest absolute Gasteiger partial charge is 0.324 e. The monoisotopic (exact) mass is 355 g/mol. The number of aromatic nitrogens is 2. The summed E-state index contributed by atoms with van der Waals surface area (Å²) < 4.78 is 2.00. The predicted octanol–water partition coefficient (Wildman–Crippen LogP) is 4.90. The number of nitrogens with zero attached hydrogens (tertiary/aromatic N) is 2. The predicted molar refractivity (Wildman–Crippen MR) is 110 cm³/mol. The van der Waals surface area contributed by atoms with Gasteiger partial charge in [-0.2, -0.15) is 0 Å². The molecule has 134 valence electrons. The van der Waals surface area contributed by atoms with Gasteiger partial charge >= 0.3 is 0 Å². The number of hydrogen-bond donors (Lipinski definition) is 1. The molecular formula is C23H21N3O. The number of nitrogens with one attached hydrogen (secondary N) is 1. The lowest BCUT2D eigenvalue weighted by molar-refractivity contribution is -0.116. The molecule has 1 N–H and O–H groups in total. The van der Waals surface area contributed by atoms with Crippen LogP contribution in [0, 0.1) is 0 Å². The Kier molecular flexibility index (Phi) is 4.71. The van der Waals surface area contributed by atoms with E-state index in [0.29, 0.717) is 0 Å². The third-order valence-electron chi connectivity index (χ3n) is 4.64. The molecule has 4 rings (SSSR count). The fourth-order valence-electron chi connectivity index (χ4n) is 3.37. The van der Waals surface area contributed by atoms with E-state index >= 15 is 0 Å². The maximum atomic E-state index is 12.8. The number of amides is 1. The van der Waals surface area contributed by atoms with Crippen LogP contribution in [0.2, 0.25) is 0 Å². The molecule has 0 spiro atoms. The minimum Gasteiger partial charge on any atom is -0.324 e. The van der Waals surface area contributed by atoms with Gasteiger partial charge in [0.15, 0.2) is 0 Å². The number of imidazole rings is 1. The van der Waals surface area contributed by atoms with Crippen molar-refractivity contribution in [3.63, 3.8) is 0 Å². The first-order valence-corrected chi connectivity index (χ1v) is 9.14. The van der Waals surface area contributed by atoms with E-state index in [1.165, 1.54) is 0 Å². The number of carbonyl (C=O) groups excluding carboxylic acids is 1. The van der Waals surface area contributed by atoms with Gasteiger partial charge in [-0.15, -0.1) is 0 Å². The molecule has 0 aliphatic heterocycles. The van der Waals surface area contributed by atoms with Gasteiger partial charge in [-0.05, 0) is 23.8 Å². The maximum absolute atomic E-state index is 12.8. The molecule has 4 heteroatoms. The summed E-state index contributed by atoms with van der Waals surface area (Å²) in [5, 5.41) is 3.08. The smallest absolute Gasteiger partial charge is 0.244 e. The van der Waals surface area contributed by atoms with E-state index in [2.05, 4.69) is 17.2 Å². The van der Waals surface area contributed by atoms with Crippen molar-refractivity contribution >= 4 is 22.6 Å². The number of benzene rings is 3. The third-order valence-corrected chi connectivity index (χ3v) is 4.64. The highest BCUT2D eigenvalue weighted by atomic mass is 16.1. The summed E-state index contributed by atoms with van der Waals surface area (Å²) in [4.78, 5) is 17.5. The molecule has 1 heterocycles. The van der Waals surface area contributed by atoms with Crippen molar-refractivity contribution < 1.29 is 4.79 Å². The Morgan fingerprint density at radius 1 is 0.926 bits per heavy atom. The summed E-state index contributed by atoms with van der Waals surface area (Å²) in [6, 6.07) is 25.9. The normalized spacial score (nSPS) is 10.9. The average Bonchev–Trinajstić information content (AvgIpc) is 3.06. The minimum atomic E-state index is -0.0590. The van der Waals surface area contributed by atoms with E-state index in [9.17, 15) is 4.79 Å². The number of carbonyl (C=O) groups is 1. The van der Waals surface area contributed by atoms with Crippen LogP contribution >= 0.6 is 0 Å². The summed E-state index contributed by atoms with van der Waals surface area (Å²) >= 11 is 0. The van der Waals surface area contributed by atoms with Crippen molar-refractivity contribution in [2.24, 2.45) is 0 Å². The van der Waals surface area contributed by atoms with Gasteiger partial charge in [-0.25, -0.2) is 4.98 Å². The lowest BCUT2D eigenvalue weighted by Crippen LogP contribution is -2.20. The van der Waals surface area contributed by atoms with E-state index in [0.717, 1.165) is 40.1 Å². The van der Waals surface area contributed by atoms with Crippen molar-refractivity contribution in [1.82, 2.24) is 9.55 Å². The number of aryl methyl sites for hydroxylation is 1. The highest BCUT2D eigenvalue weighted by molar-refractivity contribution is 5.96. The SMILES string of the molecule is CCc1nc2ccccc2n1CC(=O)Nc1ccccc1-c1ccccc1. The van der Waals surface area contributed by atoms with Crippen LogP contribution in [-0.2, 0) is 17.8 Å². The molecule has 1 amide bonds. The fourth-order valence-corrected chi connectivity index (χ4v) is 3.37. The number of fused-ring (bicyclic) bond motifs is 1. The molecule has 0 atom stereocenters. The zero-order valence-electron chi connectivity index (χ0n) is 15.2. The van der Waals surface area contributed by atoms with Gasteiger partial charge in [0.25, 0.3) is 0 Å². The molecular weight excluding hydrogens is 334 g/mol. The minimum absolute atomic E-state index is 0.0590. The van der Waals surface area contributed by atoms with E-state index in [1.807, 2.05) is 83.4 Å². The number of hydrogen-bond acceptors (Lipinski definition) is 2. The second-order valence-corrected chi connectivity index (χ2v) is 6.42. The van der Waals surface area contributed by atoms with Crippen molar-refractivity contribution in [2.75, 3.05) is 5.32 Å². The van der Waals surface area contributed by atoms with Gasteiger partial charge in [-0.1, -0.05) is 67.6 Å². The second kappa shape index (κ2) is 7.46. The van der Waals surface area contributed by atoms with Gasteiger partial charge in [0.2, 0.25) is 5.91 Å². The zero-order valence-corrected chi connectivity index (χ0v) is 15.2. The van der Waals surface area contributed by atoms with Crippen LogP contribution in [0.3, 0.4) is 0 Å². The second-order valence-electron chi connectivity index (χ2n) is 6.42. The van der Waals surface area contributed by atoms with Crippen molar-refractivity contribution in [3.8, 4) is 11.1 Å². The van der Waals surface area contributed by atoms with E-state index in [-0.39, 0.29) is 12.5 Å². The highest BCUT2D eigenvalue weighted by Crippen LogP contribution is 2.27. The molecule has 0 aliphatic carbocycles. The van der Waals surface area contributed by atoms with Crippen LogP contribution in [0.4, 0.5) is 5.69 Å². The van der Waals surface area contributed by atoms with Gasteiger partial charge in [0.1, 0.15) is 12.4 Å². The third kappa shape index (κ3) is 3.47. The molecule has 0 aliphatic rings. The Bertz CT molecular complexity index is 1080. The van der Waals surface area contributed by atoms with Crippen LogP contribution in [-0.4, -0.2) is 15.5 Å². The molecule has 0 unspecified atom stereocenters. The first-order chi connectivity index (χ1) is 13.3. The first-order valence-electron chi connectivity index (χ1n) is 9.14. The molecule has 0 saturated carbocycles. The Morgan fingerprint density at radius 2 is 1.63 bits per heavy atom. The fraction of sp³-hybridized carbons (Fsp3) is 0.130. The molecule has 1 aromatic heterocycles. The van der Waals surface area contributed by atoms with E-state index in [1.54, 1.807) is 0 Å². The summed E-state index contributed by atoms with van der Waals surface area (Å²) in [5.74, 6) is 0.860.